The van der Waals surface area contributed by atoms with Gasteiger partial charge < -0.3 is 15.1 Å². The monoisotopic (exact) mass is 410 g/mol. The molecule has 0 atom stereocenters. The molecule has 0 aliphatic heterocycles. The minimum Gasteiger partial charge on any atom is -0.357 e. The van der Waals surface area contributed by atoms with Crippen LogP contribution < -0.4 is 5.32 Å². The summed E-state index contributed by atoms with van der Waals surface area (Å²) in [5, 5.41) is 3.36. The zero-order valence-corrected chi connectivity index (χ0v) is 16.7. The van der Waals surface area contributed by atoms with Crippen LogP contribution in [0, 0.1) is 0 Å². The summed E-state index contributed by atoms with van der Waals surface area (Å²) < 4.78 is 0. The molecule has 0 aromatic heterocycles. The van der Waals surface area contributed by atoms with Crippen molar-refractivity contribution < 1.29 is 0 Å². The highest BCUT2D eigenvalue weighted by molar-refractivity contribution is 14.0. The van der Waals surface area contributed by atoms with Crippen molar-refractivity contribution in [2.24, 2.45) is 4.99 Å². The van der Waals surface area contributed by atoms with Crippen molar-refractivity contribution in [1.82, 2.24) is 15.1 Å². The molecular formula is C16H35IN4. The predicted octanol–water partition coefficient (Wildman–Crippen LogP) is 3.20. The third kappa shape index (κ3) is 12.0. The van der Waals surface area contributed by atoms with Gasteiger partial charge in [0.15, 0.2) is 5.96 Å². The number of hydrogen-bond donors (Lipinski definition) is 1. The summed E-state index contributed by atoms with van der Waals surface area (Å²) in [6, 6.07) is 0. The number of rotatable bonds is 11. The second-order valence-corrected chi connectivity index (χ2v) is 4.97. The Bertz CT molecular complexity index is 265. The lowest BCUT2D eigenvalue weighted by atomic mass is 10.3. The van der Waals surface area contributed by atoms with Gasteiger partial charge >= 0.3 is 0 Å². The molecule has 1 N–H and O–H groups in total. The van der Waals surface area contributed by atoms with Crippen LogP contribution in [0.3, 0.4) is 0 Å². The Morgan fingerprint density at radius 3 is 2.33 bits per heavy atom. The number of unbranched alkanes of at least 4 members (excludes halogenated alkanes) is 1. The fraction of sp³-hybridized carbons (Fsp3) is 0.812. The second kappa shape index (κ2) is 16.1. The largest absolute Gasteiger partial charge is 0.357 e. The Balaban J connectivity index is 0. The number of hydrogen-bond acceptors (Lipinski definition) is 2. The average Bonchev–Trinajstić information content (AvgIpc) is 2.46. The van der Waals surface area contributed by atoms with E-state index in [2.05, 4.69) is 49.5 Å². The van der Waals surface area contributed by atoms with Gasteiger partial charge in [-0.2, -0.15) is 0 Å². The molecule has 0 bridgehead atoms. The van der Waals surface area contributed by atoms with Gasteiger partial charge in [-0.3, -0.25) is 4.99 Å². The maximum absolute atomic E-state index is 4.71. The maximum Gasteiger partial charge on any atom is 0.193 e. The van der Waals surface area contributed by atoms with E-state index in [1.807, 2.05) is 6.08 Å². The highest BCUT2D eigenvalue weighted by Crippen LogP contribution is 1.96. The van der Waals surface area contributed by atoms with Crippen LogP contribution in [0.25, 0.3) is 0 Å². The first-order valence-electron chi connectivity index (χ1n) is 8.02. The summed E-state index contributed by atoms with van der Waals surface area (Å²) in [5.41, 5.74) is 0. The number of aliphatic imine (C=N–C) groups is 1. The normalized spacial score (nSPS) is 11.2. The lowest BCUT2D eigenvalue weighted by molar-refractivity contribution is 0.301. The molecular weight excluding hydrogens is 375 g/mol. The quantitative estimate of drug-likeness (QED) is 0.187. The smallest absolute Gasteiger partial charge is 0.193 e. The molecule has 0 saturated carbocycles. The number of allylic oxidation sites excluding steroid dienone is 1. The first-order chi connectivity index (χ1) is 9.69. The Morgan fingerprint density at radius 2 is 1.81 bits per heavy atom. The van der Waals surface area contributed by atoms with Crippen molar-refractivity contribution in [2.75, 3.05) is 46.3 Å². The summed E-state index contributed by atoms with van der Waals surface area (Å²) in [5.74, 6) is 1.02. The van der Waals surface area contributed by atoms with Crippen LogP contribution in [0.5, 0.6) is 0 Å². The van der Waals surface area contributed by atoms with Gasteiger partial charge in [-0.25, -0.2) is 0 Å². The Labute approximate surface area is 149 Å². The van der Waals surface area contributed by atoms with Crippen molar-refractivity contribution in [2.45, 2.75) is 40.0 Å². The Hall–Kier alpha value is -0.300. The number of nitrogens with zero attached hydrogens (tertiary/aromatic N) is 3. The molecule has 0 aliphatic carbocycles. The summed E-state index contributed by atoms with van der Waals surface area (Å²) >= 11 is 0. The van der Waals surface area contributed by atoms with Crippen molar-refractivity contribution in [1.29, 1.82) is 0 Å². The fourth-order valence-corrected chi connectivity index (χ4v) is 2.07. The van der Waals surface area contributed by atoms with Gasteiger partial charge in [0.25, 0.3) is 0 Å². The van der Waals surface area contributed by atoms with E-state index in [9.17, 15) is 0 Å². The topological polar surface area (TPSA) is 30.9 Å². The molecule has 0 radical (unpaired) electrons. The third-order valence-corrected chi connectivity index (χ3v) is 3.39. The molecule has 0 saturated heterocycles. The van der Waals surface area contributed by atoms with Gasteiger partial charge in [0.1, 0.15) is 0 Å². The van der Waals surface area contributed by atoms with Crippen LogP contribution in [-0.2, 0) is 0 Å². The molecule has 0 aromatic carbocycles. The molecule has 5 heteroatoms. The van der Waals surface area contributed by atoms with Crippen LogP contribution in [0.4, 0.5) is 0 Å². The van der Waals surface area contributed by atoms with Crippen LogP contribution >= 0.6 is 24.0 Å². The van der Waals surface area contributed by atoms with Crippen LogP contribution in [-0.4, -0.2) is 62.1 Å². The van der Waals surface area contributed by atoms with Crippen molar-refractivity contribution >= 4 is 29.9 Å². The first kappa shape index (κ1) is 23.0. The minimum absolute atomic E-state index is 0. The van der Waals surface area contributed by atoms with E-state index in [4.69, 9.17) is 4.99 Å². The van der Waals surface area contributed by atoms with Gasteiger partial charge in [-0.05, 0) is 45.8 Å². The van der Waals surface area contributed by atoms with E-state index in [-0.39, 0.29) is 24.0 Å². The Kier molecular flexibility index (Phi) is 17.6. The molecule has 0 spiro atoms. The van der Waals surface area contributed by atoms with Gasteiger partial charge in [0, 0.05) is 26.7 Å². The minimum atomic E-state index is 0. The van der Waals surface area contributed by atoms with Crippen LogP contribution in [0.15, 0.2) is 17.6 Å². The van der Waals surface area contributed by atoms with E-state index < -0.39 is 0 Å². The molecule has 0 rings (SSSR count). The standard InChI is InChI=1S/C16H34N4.HI/c1-6-10-11-14-19(5)16(17-7-2)18-13-12-15-20(8-3)9-4;/h6H,1,7-15H2,2-5H3,(H,17,18);1H. The Morgan fingerprint density at radius 1 is 1.14 bits per heavy atom. The number of halogens is 1. The summed E-state index contributed by atoms with van der Waals surface area (Å²) in [6.07, 6.45) is 5.29. The van der Waals surface area contributed by atoms with Crippen molar-refractivity contribution in [3.8, 4) is 0 Å². The lowest BCUT2D eigenvalue weighted by Gasteiger charge is -2.22. The highest BCUT2D eigenvalue weighted by atomic mass is 127. The highest BCUT2D eigenvalue weighted by Gasteiger charge is 2.04. The van der Waals surface area contributed by atoms with E-state index in [0.717, 1.165) is 64.5 Å². The molecule has 21 heavy (non-hydrogen) atoms. The SMILES string of the molecule is C=CCCCN(C)C(=NCCCN(CC)CC)NCC.I. The van der Waals surface area contributed by atoms with Crippen molar-refractivity contribution in [3.05, 3.63) is 12.7 Å². The predicted molar refractivity (Wildman–Crippen MR) is 106 cm³/mol. The average molecular weight is 410 g/mol. The van der Waals surface area contributed by atoms with Gasteiger partial charge in [0.2, 0.25) is 0 Å². The summed E-state index contributed by atoms with van der Waals surface area (Å²) in [7, 11) is 2.11. The molecule has 0 aliphatic rings. The van der Waals surface area contributed by atoms with E-state index in [0.29, 0.717) is 0 Å². The molecule has 0 heterocycles. The van der Waals surface area contributed by atoms with E-state index in [1.165, 1.54) is 0 Å². The number of guanidine groups is 1. The first-order valence-corrected chi connectivity index (χ1v) is 8.02. The fourth-order valence-electron chi connectivity index (χ4n) is 2.07. The van der Waals surface area contributed by atoms with Crippen LogP contribution in [0.2, 0.25) is 0 Å². The second-order valence-electron chi connectivity index (χ2n) is 4.97. The third-order valence-electron chi connectivity index (χ3n) is 3.39. The summed E-state index contributed by atoms with van der Waals surface area (Å²) in [4.78, 5) is 9.37. The molecule has 0 fully saturated rings. The van der Waals surface area contributed by atoms with Crippen LogP contribution in [0.1, 0.15) is 40.0 Å². The molecule has 126 valence electrons. The van der Waals surface area contributed by atoms with Crippen molar-refractivity contribution in [3.63, 3.8) is 0 Å². The van der Waals surface area contributed by atoms with E-state index >= 15 is 0 Å². The number of nitrogens with one attached hydrogen (secondary N) is 1. The lowest BCUT2D eigenvalue weighted by Crippen LogP contribution is -2.39. The molecule has 0 unspecified atom stereocenters. The van der Waals surface area contributed by atoms with Gasteiger partial charge in [-0.15, -0.1) is 30.6 Å². The molecule has 4 nitrogen and oxygen atoms in total. The van der Waals surface area contributed by atoms with Gasteiger partial charge in [-0.1, -0.05) is 19.9 Å². The van der Waals surface area contributed by atoms with Gasteiger partial charge in [0.05, 0.1) is 0 Å². The maximum atomic E-state index is 4.71. The zero-order chi connectivity index (χ0) is 15.2. The molecule has 0 aromatic rings. The molecule has 0 amide bonds. The summed E-state index contributed by atoms with van der Waals surface area (Å²) in [6.45, 7) is 16.5. The zero-order valence-electron chi connectivity index (χ0n) is 14.4. The van der Waals surface area contributed by atoms with E-state index in [1.54, 1.807) is 0 Å².